The smallest absolute Gasteiger partial charge is 0.129 e. The standard InChI is InChI=1S/C13H12ClFN2/c1-9(17-12-7-2-3-8-16-12)13-10(14)5-4-6-11(13)15/h2-9H,1H3,(H,16,17). The average molecular weight is 251 g/mol. The lowest BCUT2D eigenvalue weighted by molar-refractivity contribution is 0.600. The van der Waals surface area contributed by atoms with Gasteiger partial charge in [-0.2, -0.15) is 0 Å². The molecule has 2 nitrogen and oxygen atoms in total. The van der Waals surface area contributed by atoms with Gasteiger partial charge in [-0.25, -0.2) is 9.37 Å². The molecule has 88 valence electrons. The van der Waals surface area contributed by atoms with Gasteiger partial charge < -0.3 is 5.32 Å². The van der Waals surface area contributed by atoms with Gasteiger partial charge >= 0.3 is 0 Å². The maximum atomic E-state index is 13.7. The van der Waals surface area contributed by atoms with Gasteiger partial charge in [0.1, 0.15) is 11.6 Å². The second-order valence-electron chi connectivity index (χ2n) is 3.72. The number of hydrogen-bond donors (Lipinski definition) is 1. The molecular weight excluding hydrogens is 239 g/mol. The van der Waals surface area contributed by atoms with Crippen LogP contribution in [0.4, 0.5) is 10.2 Å². The van der Waals surface area contributed by atoms with Gasteiger partial charge in [0.25, 0.3) is 0 Å². The molecule has 0 bridgehead atoms. The van der Waals surface area contributed by atoms with E-state index in [0.717, 1.165) is 0 Å². The van der Waals surface area contributed by atoms with E-state index >= 15 is 0 Å². The molecule has 2 aromatic rings. The normalized spacial score (nSPS) is 12.2. The number of anilines is 1. The van der Waals surface area contributed by atoms with Crippen LogP contribution >= 0.6 is 11.6 Å². The zero-order valence-electron chi connectivity index (χ0n) is 9.32. The fourth-order valence-electron chi connectivity index (χ4n) is 1.67. The molecular formula is C13H12ClFN2. The minimum absolute atomic E-state index is 0.237. The largest absolute Gasteiger partial charge is 0.363 e. The molecule has 0 amide bonds. The van der Waals surface area contributed by atoms with E-state index < -0.39 is 0 Å². The highest BCUT2D eigenvalue weighted by molar-refractivity contribution is 6.31. The van der Waals surface area contributed by atoms with Crippen LogP contribution in [0.1, 0.15) is 18.5 Å². The van der Waals surface area contributed by atoms with E-state index in [1.807, 2.05) is 25.1 Å². The Morgan fingerprint density at radius 3 is 2.71 bits per heavy atom. The second kappa shape index (κ2) is 5.15. The van der Waals surface area contributed by atoms with Gasteiger partial charge in [-0.3, -0.25) is 0 Å². The SMILES string of the molecule is CC(Nc1ccccn1)c1c(F)cccc1Cl. The number of pyridine rings is 1. The highest BCUT2D eigenvalue weighted by Gasteiger charge is 2.14. The summed E-state index contributed by atoms with van der Waals surface area (Å²) in [6, 6.07) is 9.95. The molecule has 1 N–H and O–H groups in total. The highest BCUT2D eigenvalue weighted by Crippen LogP contribution is 2.27. The molecule has 4 heteroatoms. The Bertz CT molecular complexity index is 482. The van der Waals surface area contributed by atoms with Crippen LogP contribution in [0.2, 0.25) is 5.02 Å². The van der Waals surface area contributed by atoms with Crippen molar-refractivity contribution in [1.82, 2.24) is 4.98 Å². The molecule has 0 spiro atoms. The number of benzene rings is 1. The predicted molar refractivity (Wildman–Crippen MR) is 67.7 cm³/mol. The minimum atomic E-state index is -0.312. The number of halogens is 2. The summed E-state index contributed by atoms with van der Waals surface area (Å²) in [6.07, 6.45) is 1.68. The van der Waals surface area contributed by atoms with Crippen molar-refractivity contribution in [2.45, 2.75) is 13.0 Å². The molecule has 0 saturated heterocycles. The topological polar surface area (TPSA) is 24.9 Å². The Balaban J connectivity index is 2.23. The van der Waals surface area contributed by atoms with E-state index in [1.54, 1.807) is 18.3 Å². The van der Waals surface area contributed by atoms with Gasteiger partial charge in [0.2, 0.25) is 0 Å². The molecule has 0 aliphatic heterocycles. The second-order valence-corrected chi connectivity index (χ2v) is 4.12. The third-order valence-electron chi connectivity index (χ3n) is 2.46. The van der Waals surface area contributed by atoms with E-state index in [-0.39, 0.29) is 11.9 Å². The minimum Gasteiger partial charge on any atom is -0.363 e. The summed E-state index contributed by atoms with van der Waals surface area (Å²) in [5, 5.41) is 3.52. The lowest BCUT2D eigenvalue weighted by Gasteiger charge is -2.16. The van der Waals surface area contributed by atoms with E-state index in [9.17, 15) is 4.39 Å². The first kappa shape index (κ1) is 11.9. The summed E-state index contributed by atoms with van der Waals surface area (Å²) in [5.74, 6) is 0.382. The van der Waals surface area contributed by atoms with Crippen molar-refractivity contribution in [2.75, 3.05) is 5.32 Å². The Labute approximate surface area is 104 Å². The molecule has 0 aliphatic rings. The Hall–Kier alpha value is -1.61. The summed E-state index contributed by atoms with van der Waals surface area (Å²) in [6.45, 7) is 1.85. The number of nitrogens with one attached hydrogen (secondary N) is 1. The van der Waals surface area contributed by atoms with Gasteiger partial charge in [0.15, 0.2) is 0 Å². The van der Waals surface area contributed by atoms with Crippen LogP contribution in [0.3, 0.4) is 0 Å². The number of nitrogens with zero attached hydrogens (tertiary/aromatic N) is 1. The van der Waals surface area contributed by atoms with Crippen LogP contribution in [0.5, 0.6) is 0 Å². The molecule has 0 saturated carbocycles. The molecule has 1 unspecified atom stereocenters. The molecule has 1 aromatic heterocycles. The van der Waals surface area contributed by atoms with Crippen molar-refractivity contribution in [3.8, 4) is 0 Å². The van der Waals surface area contributed by atoms with E-state index in [2.05, 4.69) is 10.3 Å². The fraction of sp³-hybridized carbons (Fsp3) is 0.154. The summed E-state index contributed by atoms with van der Waals surface area (Å²) < 4.78 is 13.7. The lowest BCUT2D eigenvalue weighted by Crippen LogP contribution is -2.10. The quantitative estimate of drug-likeness (QED) is 0.889. The predicted octanol–water partition coefficient (Wildman–Crippen LogP) is 4.05. The van der Waals surface area contributed by atoms with E-state index in [0.29, 0.717) is 16.4 Å². The van der Waals surface area contributed by atoms with Gasteiger partial charge in [0.05, 0.1) is 6.04 Å². The Morgan fingerprint density at radius 1 is 1.24 bits per heavy atom. The molecule has 0 radical (unpaired) electrons. The van der Waals surface area contributed by atoms with Crippen molar-refractivity contribution in [2.24, 2.45) is 0 Å². The molecule has 1 atom stereocenters. The number of aromatic nitrogens is 1. The molecule has 0 aliphatic carbocycles. The Morgan fingerprint density at radius 2 is 2.06 bits per heavy atom. The summed E-state index contributed by atoms with van der Waals surface area (Å²) >= 11 is 5.99. The molecule has 1 aromatic carbocycles. The van der Waals surface area contributed by atoms with Crippen LogP contribution in [-0.2, 0) is 0 Å². The first-order valence-electron chi connectivity index (χ1n) is 5.30. The molecule has 17 heavy (non-hydrogen) atoms. The van der Waals surface area contributed by atoms with Crippen LogP contribution < -0.4 is 5.32 Å². The van der Waals surface area contributed by atoms with E-state index in [1.165, 1.54) is 6.07 Å². The number of hydrogen-bond acceptors (Lipinski definition) is 2. The van der Waals surface area contributed by atoms with Crippen molar-refractivity contribution in [1.29, 1.82) is 0 Å². The highest BCUT2D eigenvalue weighted by atomic mass is 35.5. The van der Waals surface area contributed by atoms with Gasteiger partial charge in [0, 0.05) is 16.8 Å². The zero-order valence-corrected chi connectivity index (χ0v) is 10.1. The van der Waals surface area contributed by atoms with Crippen LogP contribution in [0, 0.1) is 5.82 Å². The lowest BCUT2D eigenvalue weighted by atomic mass is 10.1. The molecule has 2 rings (SSSR count). The maximum Gasteiger partial charge on any atom is 0.129 e. The van der Waals surface area contributed by atoms with Crippen molar-refractivity contribution in [3.05, 3.63) is 59.0 Å². The third-order valence-corrected chi connectivity index (χ3v) is 2.79. The zero-order chi connectivity index (χ0) is 12.3. The first-order chi connectivity index (χ1) is 8.18. The first-order valence-corrected chi connectivity index (χ1v) is 5.68. The fourth-order valence-corrected chi connectivity index (χ4v) is 1.99. The monoisotopic (exact) mass is 250 g/mol. The van der Waals surface area contributed by atoms with E-state index in [4.69, 9.17) is 11.6 Å². The summed E-state index contributed by atoms with van der Waals surface area (Å²) in [7, 11) is 0. The molecule has 0 fully saturated rings. The maximum absolute atomic E-state index is 13.7. The molecule has 1 heterocycles. The van der Waals surface area contributed by atoms with Crippen molar-refractivity contribution >= 4 is 17.4 Å². The van der Waals surface area contributed by atoms with Crippen LogP contribution in [0.25, 0.3) is 0 Å². The Kier molecular flexibility index (Phi) is 3.59. The van der Waals surface area contributed by atoms with Crippen molar-refractivity contribution in [3.63, 3.8) is 0 Å². The number of rotatable bonds is 3. The van der Waals surface area contributed by atoms with Gasteiger partial charge in [-0.15, -0.1) is 0 Å². The van der Waals surface area contributed by atoms with Crippen LogP contribution in [0.15, 0.2) is 42.6 Å². The van der Waals surface area contributed by atoms with Crippen LogP contribution in [-0.4, -0.2) is 4.98 Å². The van der Waals surface area contributed by atoms with Gasteiger partial charge in [-0.05, 0) is 31.2 Å². The average Bonchev–Trinajstić information content (AvgIpc) is 2.30. The van der Waals surface area contributed by atoms with Crippen molar-refractivity contribution < 1.29 is 4.39 Å². The van der Waals surface area contributed by atoms with Gasteiger partial charge in [-0.1, -0.05) is 23.7 Å². The summed E-state index contributed by atoms with van der Waals surface area (Å²) in [5.41, 5.74) is 0.458. The summed E-state index contributed by atoms with van der Waals surface area (Å²) in [4.78, 5) is 4.13. The third kappa shape index (κ3) is 2.74.